The number of carbonyl (C=O) groups excluding carboxylic acids is 2. The van der Waals surface area contributed by atoms with Gasteiger partial charge in [0.2, 0.25) is 5.75 Å². The molecule has 0 bridgehead atoms. The molecule has 1 heterocycles. The molecule has 12 nitrogen and oxygen atoms in total. The van der Waals surface area contributed by atoms with Crippen molar-refractivity contribution >= 4 is 29.2 Å². The van der Waals surface area contributed by atoms with E-state index in [1.54, 1.807) is 18.2 Å². The lowest BCUT2D eigenvalue weighted by molar-refractivity contribution is -0.189. The number of hydrazine groups is 1. The number of hydrogen-bond donors (Lipinski definition) is 6. The molecule has 7 N–H and O–H groups in total. The number of rotatable bonds is 10. The van der Waals surface area contributed by atoms with Crippen molar-refractivity contribution in [2.24, 2.45) is 5.73 Å². The Morgan fingerprint density at radius 1 is 1.05 bits per heavy atom. The molecule has 1 atom stereocenters. The summed E-state index contributed by atoms with van der Waals surface area (Å²) in [6, 6.07) is 9.73. The van der Waals surface area contributed by atoms with E-state index in [1.165, 1.54) is 38.6 Å². The number of carbonyl (C=O) groups is 2. The number of nitrogen functional groups attached to an aromatic ring is 1. The third kappa shape index (κ3) is 6.97. The molecule has 1 amide bonds. The highest BCUT2D eigenvalue weighted by Crippen LogP contribution is 2.39. The van der Waals surface area contributed by atoms with Crippen LogP contribution in [0.1, 0.15) is 17.2 Å². The van der Waals surface area contributed by atoms with Gasteiger partial charge in [0, 0.05) is 18.0 Å². The summed E-state index contributed by atoms with van der Waals surface area (Å²) >= 11 is 0. The molecule has 0 saturated carbocycles. The number of alkyl halides is 3. The molecule has 3 aromatic rings. The minimum atomic E-state index is -5.31. The Hall–Kier alpha value is -5.21. The average molecular weight is 548 g/mol. The molecule has 0 aliphatic rings. The summed E-state index contributed by atoms with van der Waals surface area (Å²) in [4.78, 5) is 28.8. The van der Waals surface area contributed by atoms with Crippen LogP contribution in [0, 0.1) is 5.41 Å². The van der Waals surface area contributed by atoms with Crippen molar-refractivity contribution in [2.75, 3.05) is 25.0 Å². The number of pyridine rings is 1. The molecule has 2 aromatic carbocycles. The second-order valence-electron chi connectivity index (χ2n) is 7.69. The van der Waals surface area contributed by atoms with Crippen LogP contribution in [0.4, 0.5) is 24.7 Å². The van der Waals surface area contributed by atoms with Gasteiger partial charge in [0.25, 0.3) is 5.91 Å². The smallest absolute Gasteiger partial charge is 0.491 e. The minimum Gasteiger partial charge on any atom is -0.502 e. The Kier molecular flexibility index (Phi) is 8.65. The van der Waals surface area contributed by atoms with Gasteiger partial charge in [-0.2, -0.15) is 13.2 Å². The van der Waals surface area contributed by atoms with Crippen LogP contribution in [-0.4, -0.2) is 48.2 Å². The van der Waals surface area contributed by atoms with Crippen LogP contribution in [0.5, 0.6) is 23.0 Å². The molecule has 206 valence electrons. The number of benzene rings is 2. The fourth-order valence-corrected chi connectivity index (χ4v) is 3.26. The zero-order valence-electron chi connectivity index (χ0n) is 20.4. The number of phenolic OH excluding ortho intramolecular Hbond substituents is 1. The summed E-state index contributed by atoms with van der Waals surface area (Å²) < 4.78 is 53.2. The number of aromatic hydroxyl groups is 1. The van der Waals surface area contributed by atoms with Crippen molar-refractivity contribution in [3.05, 3.63) is 65.9 Å². The van der Waals surface area contributed by atoms with Crippen molar-refractivity contribution in [3.63, 3.8) is 0 Å². The van der Waals surface area contributed by atoms with Gasteiger partial charge in [-0.1, -0.05) is 6.07 Å². The molecular weight excluding hydrogens is 525 g/mol. The van der Waals surface area contributed by atoms with Gasteiger partial charge in [-0.25, -0.2) is 9.78 Å². The van der Waals surface area contributed by atoms with Crippen LogP contribution in [0.25, 0.3) is 0 Å². The number of hydrogen-bond acceptors (Lipinski definition) is 10. The van der Waals surface area contributed by atoms with Crippen molar-refractivity contribution in [1.29, 1.82) is 5.41 Å². The highest BCUT2D eigenvalue weighted by Gasteiger charge is 2.42. The van der Waals surface area contributed by atoms with E-state index in [4.69, 9.17) is 20.6 Å². The van der Waals surface area contributed by atoms with Crippen LogP contribution in [0.15, 0.2) is 54.7 Å². The largest absolute Gasteiger partial charge is 0.502 e. The van der Waals surface area contributed by atoms with Crippen molar-refractivity contribution in [1.82, 2.24) is 10.4 Å². The van der Waals surface area contributed by atoms with Gasteiger partial charge in [-0.3, -0.25) is 21.1 Å². The maximum Gasteiger partial charge on any atom is 0.491 e. The van der Waals surface area contributed by atoms with Gasteiger partial charge in [0.1, 0.15) is 23.4 Å². The molecule has 0 saturated heterocycles. The first-order valence-corrected chi connectivity index (χ1v) is 10.9. The number of nitrogens with zero attached hydrogens (tertiary/aromatic N) is 1. The van der Waals surface area contributed by atoms with E-state index in [0.29, 0.717) is 5.82 Å². The van der Waals surface area contributed by atoms with Crippen LogP contribution in [0.3, 0.4) is 0 Å². The standard InChI is InChI=1S/C24H23F3N6O6/c1-37-16-9-12(10-17(38-2)20(16)34)19(22(35)33-32-18-5-3-4-8-30-18)31-13-6-7-14(21(28)29)15(11-13)39-23(36)24(25,26)27/h3-11,19,31,34H,1-2H3,(H3,28,29)(H,30,32)(H,33,35). The van der Waals surface area contributed by atoms with Crippen molar-refractivity contribution in [3.8, 4) is 23.0 Å². The fraction of sp³-hybridized carbons (Fsp3) is 0.167. The van der Waals surface area contributed by atoms with Crippen LogP contribution >= 0.6 is 0 Å². The van der Waals surface area contributed by atoms with E-state index in [-0.39, 0.29) is 34.1 Å². The predicted octanol–water partition coefficient (Wildman–Crippen LogP) is 2.85. The summed E-state index contributed by atoms with van der Waals surface area (Å²) in [5.41, 5.74) is 10.4. The molecule has 0 aliphatic heterocycles. The number of nitrogens with two attached hydrogens (primary N) is 1. The first-order chi connectivity index (χ1) is 18.4. The topological polar surface area (TPSA) is 181 Å². The summed E-state index contributed by atoms with van der Waals surface area (Å²) in [7, 11) is 2.57. The van der Waals surface area contributed by atoms with Crippen LogP contribution < -0.4 is 36.1 Å². The highest BCUT2D eigenvalue weighted by molar-refractivity contribution is 5.99. The van der Waals surface area contributed by atoms with E-state index in [9.17, 15) is 27.9 Å². The maximum atomic E-state index is 13.3. The van der Waals surface area contributed by atoms with E-state index in [0.717, 1.165) is 12.1 Å². The number of esters is 1. The number of aromatic nitrogens is 1. The lowest BCUT2D eigenvalue weighted by Crippen LogP contribution is -2.37. The number of halogens is 3. The highest BCUT2D eigenvalue weighted by atomic mass is 19.4. The molecule has 0 aliphatic carbocycles. The maximum absolute atomic E-state index is 13.3. The zero-order valence-corrected chi connectivity index (χ0v) is 20.4. The lowest BCUT2D eigenvalue weighted by Gasteiger charge is -2.22. The summed E-state index contributed by atoms with van der Waals surface area (Å²) in [6.07, 6.45) is -3.82. The van der Waals surface area contributed by atoms with Gasteiger partial charge in [0.15, 0.2) is 11.5 Å². The Morgan fingerprint density at radius 2 is 1.72 bits per heavy atom. The Balaban J connectivity index is 2.02. The number of anilines is 2. The van der Waals surface area contributed by atoms with Gasteiger partial charge >= 0.3 is 12.1 Å². The lowest BCUT2D eigenvalue weighted by atomic mass is 10.0. The van der Waals surface area contributed by atoms with Gasteiger partial charge in [-0.05, 0) is 42.0 Å². The first kappa shape index (κ1) is 28.4. The van der Waals surface area contributed by atoms with Crippen LogP contribution in [0.2, 0.25) is 0 Å². The first-order valence-electron chi connectivity index (χ1n) is 10.9. The van der Waals surface area contributed by atoms with Gasteiger partial charge in [-0.15, -0.1) is 0 Å². The van der Waals surface area contributed by atoms with Crippen LogP contribution in [-0.2, 0) is 9.59 Å². The Bertz CT molecular complexity index is 1350. The van der Waals surface area contributed by atoms with E-state index in [2.05, 4.69) is 25.9 Å². The van der Waals surface area contributed by atoms with Gasteiger partial charge in [0.05, 0.1) is 19.8 Å². The fourth-order valence-electron chi connectivity index (χ4n) is 3.26. The number of amides is 1. The molecule has 3 rings (SSSR count). The SMILES string of the molecule is COc1cc(C(Nc2ccc(C(=N)N)c(OC(=O)C(F)(F)F)c2)C(=O)NNc2ccccn2)cc(OC)c1O. The van der Waals surface area contributed by atoms with Gasteiger partial charge < -0.3 is 30.4 Å². The number of nitrogens with one attached hydrogen (secondary N) is 4. The predicted molar refractivity (Wildman–Crippen MR) is 133 cm³/mol. The molecule has 1 unspecified atom stereocenters. The number of methoxy groups -OCH3 is 2. The number of ether oxygens (including phenoxy) is 3. The molecule has 0 fully saturated rings. The summed E-state index contributed by atoms with van der Waals surface area (Å²) in [5.74, 6) is -4.65. The summed E-state index contributed by atoms with van der Waals surface area (Å²) in [6.45, 7) is 0. The molecule has 0 radical (unpaired) electrons. The quantitative estimate of drug-likeness (QED) is 0.0725. The molecule has 1 aromatic heterocycles. The van der Waals surface area contributed by atoms with E-state index in [1.807, 2.05) is 0 Å². The molecule has 0 spiro atoms. The average Bonchev–Trinajstić information content (AvgIpc) is 2.90. The van der Waals surface area contributed by atoms with Crippen molar-refractivity contribution in [2.45, 2.75) is 12.2 Å². The number of phenols is 1. The molecule has 39 heavy (non-hydrogen) atoms. The molecular formula is C24H23F3N6O6. The zero-order chi connectivity index (χ0) is 28.7. The normalized spacial score (nSPS) is 11.6. The third-order valence-electron chi connectivity index (χ3n) is 5.09. The Labute approximate surface area is 219 Å². The van der Waals surface area contributed by atoms with E-state index < -0.39 is 35.7 Å². The second kappa shape index (κ2) is 11.9. The Morgan fingerprint density at radius 3 is 2.26 bits per heavy atom. The molecule has 15 heteroatoms. The monoisotopic (exact) mass is 548 g/mol. The third-order valence-corrected chi connectivity index (χ3v) is 5.09. The number of amidine groups is 1. The van der Waals surface area contributed by atoms with Crippen molar-refractivity contribution < 1.29 is 42.1 Å². The second-order valence-corrected chi connectivity index (χ2v) is 7.69. The summed E-state index contributed by atoms with van der Waals surface area (Å²) in [5, 5.41) is 20.7. The van der Waals surface area contributed by atoms with E-state index >= 15 is 0 Å². The minimum absolute atomic E-state index is 0.00830.